The smallest absolute Gasteiger partial charge is 0.245 e. The van der Waals surface area contributed by atoms with Gasteiger partial charge in [0.15, 0.2) is 23.1 Å². The van der Waals surface area contributed by atoms with Crippen molar-refractivity contribution < 1.29 is 4.39 Å². The minimum Gasteiger partial charge on any atom is -0.340 e. The summed E-state index contributed by atoms with van der Waals surface area (Å²) < 4.78 is 17.9. The maximum atomic E-state index is 14.3. The number of aryl methyl sites for hydroxylation is 1. The van der Waals surface area contributed by atoms with Crippen molar-refractivity contribution in [2.45, 2.75) is 39.2 Å². The van der Waals surface area contributed by atoms with E-state index in [9.17, 15) is 4.39 Å². The van der Waals surface area contributed by atoms with Gasteiger partial charge in [0.1, 0.15) is 5.69 Å². The monoisotopic (exact) mass is 406 g/mol. The van der Waals surface area contributed by atoms with Crippen molar-refractivity contribution in [3.63, 3.8) is 0 Å². The van der Waals surface area contributed by atoms with Gasteiger partial charge in [-0.15, -0.1) is 5.10 Å². The maximum absolute atomic E-state index is 14.3. The van der Waals surface area contributed by atoms with Gasteiger partial charge in [0.05, 0.1) is 6.54 Å². The molecule has 0 bridgehead atoms. The Labute approximate surface area is 173 Å². The van der Waals surface area contributed by atoms with Crippen LogP contribution in [0.5, 0.6) is 0 Å². The molecule has 8 nitrogen and oxygen atoms in total. The second-order valence-corrected chi connectivity index (χ2v) is 7.50. The number of hydrogen-bond donors (Lipinski definition) is 0. The number of aromatic nitrogens is 7. The molecule has 1 saturated heterocycles. The Morgan fingerprint density at radius 2 is 1.97 bits per heavy atom. The fourth-order valence-corrected chi connectivity index (χ4v) is 3.91. The molecule has 0 aliphatic carbocycles. The molecule has 0 radical (unpaired) electrons. The summed E-state index contributed by atoms with van der Waals surface area (Å²) in [6, 6.07) is 2.95. The van der Waals surface area contributed by atoms with Gasteiger partial charge in [-0.2, -0.15) is 9.50 Å². The Morgan fingerprint density at radius 3 is 2.77 bits per heavy atom. The number of hydrogen-bond acceptors (Lipinski definition) is 6. The van der Waals surface area contributed by atoms with Gasteiger partial charge < -0.3 is 9.47 Å². The molecule has 0 saturated carbocycles. The zero-order chi connectivity index (χ0) is 20.5. The molecule has 5 rings (SSSR count). The van der Waals surface area contributed by atoms with Gasteiger partial charge >= 0.3 is 0 Å². The van der Waals surface area contributed by atoms with Gasteiger partial charge in [-0.05, 0) is 31.4 Å². The molecule has 0 N–H and O–H groups in total. The van der Waals surface area contributed by atoms with Crippen LogP contribution in [0.4, 0.5) is 10.3 Å². The number of anilines is 1. The van der Waals surface area contributed by atoms with E-state index in [-0.39, 0.29) is 5.69 Å². The summed E-state index contributed by atoms with van der Waals surface area (Å²) in [6.45, 7) is 4.49. The summed E-state index contributed by atoms with van der Waals surface area (Å²) in [4.78, 5) is 20.2. The van der Waals surface area contributed by atoms with Gasteiger partial charge in [-0.25, -0.2) is 19.3 Å². The van der Waals surface area contributed by atoms with Crippen LogP contribution >= 0.6 is 0 Å². The average Bonchev–Trinajstić information content (AvgIpc) is 3.51. The number of fused-ring (bicyclic) bond motifs is 1. The minimum absolute atomic E-state index is 0.220. The zero-order valence-corrected chi connectivity index (χ0v) is 16.9. The first-order valence-electron chi connectivity index (χ1n) is 10.3. The number of halogens is 1. The molecule has 1 fully saturated rings. The minimum atomic E-state index is -0.404. The SMILES string of the molecule is CCCc1cnc(Cn2ccnc2-c2ncccc2F)n2nc(N3CCCC3)nc12. The van der Waals surface area contributed by atoms with E-state index in [0.717, 1.165) is 61.8 Å². The third kappa shape index (κ3) is 3.30. The van der Waals surface area contributed by atoms with Crippen LogP contribution in [-0.2, 0) is 13.0 Å². The van der Waals surface area contributed by atoms with Crippen LogP contribution in [0, 0.1) is 5.82 Å². The first-order chi connectivity index (χ1) is 14.7. The van der Waals surface area contributed by atoms with Crippen molar-refractivity contribution in [3.05, 3.63) is 54.1 Å². The van der Waals surface area contributed by atoms with Crippen LogP contribution in [0.25, 0.3) is 17.2 Å². The average molecular weight is 406 g/mol. The molecule has 0 amide bonds. The molecule has 0 aromatic carbocycles. The van der Waals surface area contributed by atoms with Crippen molar-refractivity contribution in [1.29, 1.82) is 0 Å². The second-order valence-electron chi connectivity index (χ2n) is 7.50. The molecule has 9 heteroatoms. The predicted molar refractivity (Wildman–Crippen MR) is 111 cm³/mol. The summed E-state index contributed by atoms with van der Waals surface area (Å²) in [7, 11) is 0. The van der Waals surface area contributed by atoms with Gasteiger partial charge in [0.25, 0.3) is 0 Å². The first kappa shape index (κ1) is 18.7. The van der Waals surface area contributed by atoms with Crippen LogP contribution in [0.1, 0.15) is 37.6 Å². The molecule has 30 heavy (non-hydrogen) atoms. The number of nitrogens with zero attached hydrogens (tertiary/aromatic N) is 8. The lowest BCUT2D eigenvalue weighted by Crippen LogP contribution is -2.19. The van der Waals surface area contributed by atoms with Gasteiger partial charge in [0, 0.05) is 43.4 Å². The number of pyridine rings is 1. The maximum Gasteiger partial charge on any atom is 0.245 e. The highest BCUT2D eigenvalue weighted by atomic mass is 19.1. The van der Waals surface area contributed by atoms with Crippen molar-refractivity contribution in [3.8, 4) is 11.5 Å². The molecule has 154 valence electrons. The summed E-state index contributed by atoms with van der Waals surface area (Å²) in [5.41, 5.74) is 2.15. The molecule has 0 atom stereocenters. The normalized spacial score (nSPS) is 14.1. The van der Waals surface area contributed by atoms with Crippen molar-refractivity contribution in [2.75, 3.05) is 18.0 Å². The zero-order valence-electron chi connectivity index (χ0n) is 16.9. The molecule has 0 spiro atoms. The van der Waals surface area contributed by atoms with Crippen molar-refractivity contribution >= 4 is 11.6 Å². The second kappa shape index (κ2) is 7.81. The topological polar surface area (TPSA) is 77.0 Å². The summed E-state index contributed by atoms with van der Waals surface area (Å²) in [5.74, 6) is 1.53. The lowest BCUT2D eigenvalue weighted by Gasteiger charge is -2.11. The Kier molecular flexibility index (Phi) is 4.86. The van der Waals surface area contributed by atoms with E-state index >= 15 is 0 Å². The highest BCUT2D eigenvalue weighted by Crippen LogP contribution is 2.22. The van der Waals surface area contributed by atoms with Crippen LogP contribution in [-0.4, -0.2) is 47.2 Å². The standard InChI is InChI=1S/C21H23FN8/c1-2-6-15-13-25-17(30-19(15)26-21(27-30)28-10-3-4-11-28)14-29-12-9-24-20(29)18-16(22)7-5-8-23-18/h5,7-9,12-13H,2-4,6,10-11,14H2,1H3. The van der Waals surface area contributed by atoms with E-state index in [2.05, 4.69) is 26.8 Å². The molecule has 1 aliphatic rings. The fraction of sp³-hybridized carbons (Fsp3) is 0.381. The van der Waals surface area contributed by atoms with E-state index in [0.29, 0.717) is 12.4 Å². The van der Waals surface area contributed by atoms with Crippen molar-refractivity contribution in [1.82, 2.24) is 34.1 Å². The molecule has 4 aromatic heterocycles. The van der Waals surface area contributed by atoms with E-state index in [4.69, 9.17) is 10.1 Å². The molecule has 0 unspecified atom stereocenters. The van der Waals surface area contributed by atoms with Crippen LogP contribution < -0.4 is 4.90 Å². The Bertz CT molecular complexity index is 1170. The molecule has 5 heterocycles. The third-order valence-electron chi connectivity index (χ3n) is 5.40. The highest BCUT2D eigenvalue weighted by molar-refractivity contribution is 5.52. The summed E-state index contributed by atoms with van der Waals surface area (Å²) >= 11 is 0. The van der Waals surface area contributed by atoms with Gasteiger partial charge in [-0.1, -0.05) is 13.3 Å². The highest BCUT2D eigenvalue weighted by Gasteiger charge is 2.21. The third-order valence-corrected chi connectivity index (χ3v) is 5.40. The van der Waals surface area contributed by atoms with Gasteiger partial charge in [-0.3, -0.25) is 0 Å². The Morgan fingerprint density at radius 1 is 1.10 bits per heavy atom. The number of rotatable bonds is 6. The Balaban J connectivity index is 1.56. The molecule has 1 aliphatic heterocycles. The predicted octanol–water partition coefficient (Wildman–Crippen LogP) is 3.12. The van der Waals surface area contributed by atoms with Crippen LogP contribution in [0.2, 0.25) is 0 Å². The summed E-state index contributed by atoms with van der Waals surface area (Å²) in [5, 5.41) is 4.78. The van der Waals surface area contributed by atoms with Crippen LogP contribution in [0.3, 0.4) is 0 Å². The van der Waals surface area contributed by atoms with E-state index in [1.807, 2.05) is 15.3 Å². The molecular weight excluding hydrogens is 383 g/mol. The molecule has 4 aromatic rings. The lowest BCUT2D eigenvalue weighted by atomic mass is 10.2. The van der Waals surface area contributed by atoms with E-state index in [1.165, 1.54) is 6.07 Å². The number of imidazole rings is 1. The lowest BCUT2D eigenvalue weighted by molar-refractivity contribution is 0.619. The van der Waals surface area contributed by atoms with Crippen molar-refractivity contribution in [2.24, 2.45) is 0 Å². The largest absolute Gasteiger partial charge is 0.340 e. The molecular formula is C21H23FN8. The van der Waals surface area contributed by atoms with E-state index < -0.39 is 5.82 Å². The van der Waals surface area contributed by atoms with Gasteiger partial charge in [0.2, 0.25) is 5.95 Å². The fourth-order valence-electron chi connectivity index (χ4n) is 3.91. The van der Waals surface area contributed by atoms with Crippen LogP contribution in [0.15, 0.2) is 36.9 Å². The quantitative estimate of drug-likeness (QED) is 0.490. The first-order valence-corrected chi connectivity index (χ1v) is 10.3. The Hall–Kier alpha value is -3.36. The summed E-state index contributed by atoms with van der Waals surface area (Å²) in [6.07, 6.45) is 11.1. The van der Waals surface area contributed by atoms with E-state index in [1.54, 1.807) is 24.7 Å².